The number of carbonyl (C=O) groups is 1. The van der Waals surface area contributed by atoms with Crippen molar-refractivity contribution in [2.75, 3.05) is 33.4 Å². The van der Waals surface area contributed by atoms with Gasteiger partial charge in [0, 0.05) is 38.5 Å². The number of methoxy groups -OCH3 is 1. The summed E-state index contributed by atoms with van der Waals surface area (Å²) in [5.41, 5.74) is 1.10. The standard InChI is InChI=1S/C21H27N3O4S/c1-28-15-14-23(17-19-9-3-4-11-22-19)21(25)18-8-7-10-20(16-18)29(26,27)24-12-5-2-6-13-24/h3-4,7-11,16H,2,5-6,12-15,17H2,1H3. The van der Waals surface area contributed by atoms with Gasteiger partial charge in [-0.05, 0) is 43.2 Å². The van der Waals surface area contributed by atoms with E-state index in [-0.39, 0.29) is 10.8 Å². The smallest absolute Gasteiger partial charge is 0.254 e. The number of nitrogens with zero attached hydrogens (tertiary/aromatic N) is 3. The Morgan fingerprint density at radius 3 is 2.62 bits per heavy atom. The van der Waals surface area contributed by atoms with Crippen molar-refractivity contribution in [2.45, 2.75) is 30.7 Å². The Balaban J connectivity index is 1.83. The monoisotopic (exact) mass is 417 g/mol. The lowest BCUT2D eigenvalue weighted by Gasteiger charge is -2.26. The summed E-state index contributed by atoms with van der Waals surface area (Å²) in [4.78, 5) is 19.2. The van der Waals surface area contributed by atoms with Gasteiger partial charge < -0.3 is 9.64 Å². The third kappa shape index (κ3) is 5.41. The molecule has 1 aliphatic rings. The second-order valence-electron chi connectivity index (χ2n) is 7.03. The van der Waals surface area contributed by atoms with Crippen molar-refractivity contribution < 1.29 is 17.9 Å². The van der Waals surface area contributed by atoms with Gasteiger partial charge >= 0.3 is 0 Å². The number of amides is 1. The Labute approximate surface area is 172 Å². The molecule has 0 N–H and O–H groups in total. The lowest BCUT2D eigenvalue weighted by atomic mass is 10.2. The molecule has 29 heavy (non-hydrogen) atoms. The number of carbonyl (C=O) groups excluding carboxylic acids is 1. The molecule has 0 radical (unpaired) electrons. The lowest BCUT2D eigenvalue weighted by molar-refractivity contribution is 0.0677. The van der Waals surface area contributed by atoms with Crippen molar-refractivity contribution in [3.05, 3.63) is 59.9 Å². The number of benzene rings is 1. The van der Waals surface area contributed by atoms with Crippen LogP contribution in [-0.2, 0) is 21.3 Å². The zero-order valence-corrected chi connectivity index (χ0v) is 17.5. The van der Waals surface area contributed by atoms with Gasteiger partial charge in [0.1, 0.15) is 0 Å². The number of aromatic nitrogens is 1. The molecule has 0 saturated carbocycles. The third-order valence-corrected chi connectivity index (χ3v) is 6.86. The Morgan fingerprint density at radius 2 is 1.93 bits per heavy atom. The van der Waals surface area contributed by atoms with Gasteiger partial charge in [0.2, 0.25) is 10.0 Å². The average Bonchev–Trinajstić information content (AvgIpc) is 2.77. The summed E-state index contributed by atoms with van der Waals surface area (Å²) in [5, 5.41) is 0. The first-order valence-corrected chi connectivity index (χ1v) is 11.2. The Kier molecular flexibility index (Phi) is 7.35. The predicted octanol–water partition coefficient (Wildman–Crippen LogP) is 2.55. The van der Waals surface area contributed by atoms with Crippen molar-refractivity contribution in [3.63, 3.8) is 0 Å². The van der Waals surface area contributed by atoms with Gasteiger partial charge in [-0.1, -0.05) is 18.6 Å². The molecule has 8 heteroatoms. The molecule has 2 aromatic rings. The van der Waals surface area contributed by atoms with E-state index in [0.717, 1.165) is 25.0 Å². The molecule has 2 heterocycles. The highest BCUT2D eigenvalue weighted by Crippen LogP contribution is 2.22. The van der Waals surface area contributed by atoms with Gasteiger partial charge in [-0.25, -0.2) is 8.42 Å². The molecule has 1 aromatic heterocycles. The first-order valence-electron chi connectivity index (χ1n) is 9.80. The lowest BCUT2D eigenvalue weighted by Crippen LogP contribution is -2.36. The van der Waals surface area contributed by atoms with Crippen LogP contribution in [-0.4, -0.2) is 61.9 Å². The zero-order valence-electron chi connectivity index (χ0n) is 16.7. The summed E-state index contributed by atoms with van der Waals surface area (Å²) in [6.45, 7) is 2.14. The molecule has 1 amide bonds. The maximum atomic E-state index is 13.1. The average molecular weight is 418 g/mol. The van der Waals surface area contributed by atoms with Crippen LogP contribution < -0.4 is 0 Å². The summed E-state index contributed by atoms with van der Waals surface area (Å²) >= 11 is 0. The SMILES string of the molecule is COCCN(Cc1ccccn1)C(=O)c1cccc(S(=O)(=O)N2CCCCC2)c1. The number of ether oxygens (including phenoxy) is 1. The van der Waals surface area contributed by atoms with E-state index in [1.165, 1.54) is 10.4 Å². The highest BCUT2D eigenvalue weighted by molar-refractivity contribution is 7.89. The van der Waals surface area contributed by atoms with E-state index in [4.69, 9.17) is 4.74 Å². The van der Waals surface area contributed by atoms with Crippen LogP contribution >= 0.6 is 0 Å². The summed E-state index contributed by atoms with van der Waals surface area (Å²) in [6.07, 6.45) is 4.46. The van der Waals surface area contributed by atoms with Gasteiger partial charge in [0.15, 0.2) is 0 Å². The van der Waals surface area contributed by atoms with E-state index in [1.807, 2.05) is 18.2 Å². The van der Waals surface area contributed by atoms with E-state index < -0.39 is 10.0 Å². The molecule has 0 spiro atoms. The first-order chi connectivity index (χ1) is 14.0. The predicted molar refractivity (Wildman–Crippen MR) is 110 cm³/mol. The van der Waals surface area contributed by atoms with Gasteiger partial charge in [0.25, 0.3) is 5.91 Å². The van der Waals surface area contributed by atoms with Gasteiger partial charge in [-0.3, -0.25) is 9.78 Å². The maximum Gasteiger partial charge on any atom is 0.254 e. The van der Waals surface area contributed by atoms with Crippen LogP contribution in [0.5, 0.6) is 0 Å². The van der Waals surface area contributed by atoms with Crippen LogP contribution in [0.15, 0.2) is 53.6 Å². The van der Waals surface area contributed by atoms with Crippen LogP contribution in [0.2, 0.25) is 0 Å². The molecular weight excluding hydrogens is 390 g/mol. The Hall–Kier alpha value is -2.29. The molecular formula is C21H27N3O4S. The highest BCUT2D eigenvalue weighted by atomic mass is 32.2. The molecule has 0 unspecified atom stereocenters. The maximum absolute atomic E-state index is 13.1. The van der Waals surface area contributed by atoms with E-state index >= 15 is 0 Å². The highest BCUT2D eigenvalue weighted by Gasteiger charge is 2.27. The van der Waals surface area contributed by atoms with Crippen LogP contribution in [0, 0.1) is 0 Å². The third-order valence-electron chi connectivity index (χ3n) is 4.97. The first kappa shape index (κ1) is 21.4. The van der Waals surface area contributed by atoms with E-state index in [0.29, 0.717) is 38.3 Å². The van der Waals surface area contributed by atoms with Gasteiger partial charge in [-0.15, -0.1) is 0 Å². The Bertz CT molecular complexity index is 913. The fourth-order valence-electron chi connectivity index (χ4n) is 3.37. The minimum atomic E-state index is -3.59. The summed E-state index contributed by atoms with van der Waals surface area (Å²) in [5.74, 6) is -0.247. The summed E-state index contributed by atoms with van der Waals surface area (Å²) in [7, 11) is -2.02. The molecule has 156 valence electrons. The number of rotatable bonds is 8. The van der Waals surface area contributed by atoms with Crippen LogP contribution in [0.1, 0.15) is 35.3 Å². The van der Waals surface area contributed by atoms with Crippen molar-refractivity contribution >= 4 is 15.9 Å². The van der Waals surface area contributed by atoms with Crippen LogP contribution in [0.25, 0.3) is 0 Å². The molecule has 7 nitrogen and oxygen atoms in total. The summed E-state index contributed by atoms with van der Waals surface area (Å²) in [6, 6.07) is 11.8. The van der Waals surface area contributed by atoms with Crippen LogP contribution in [0.3, 0.4) is 0 Å². The molecule has 1 aliphatic heterocycles. The van der Waals surface area contributed by atoms with Gasteiger partial charge in [0.05, 0.1) is 23.7 Å². The number of pyridine rings is 1. The normalized spacial score (nSPS) is 15.2. The van der Waals surface area contributed by atoms with Crippen LogP contribution in [0.4, 0.5) is 0 Å². The molecule has 1 aromatic carbocycles. The molecule has 0 bridgehead atoms. The fraction of sp³-hybridized carbons (Fsp3) is 0.429. The second-order valence-corrected chi connectivity index (χ2v) is 8.97. The van der Waals surface area contributed by atoms with Crippen molar-refractivity contribution in [1.29, 1.82) is 0 Å². The van der Waals surface area contributed by atoms with Gasteiger partial charge in [-0.2, -0.15) is 4.31 Å². The second kappa shape index (κ2) is 9.96. The minimum Gasteiger partial charge on any atom is -0.383 e. The molecule has 0 atom stereocenters. The Morgan fingerprint density at radius 1 is 1.14 bits per heavy atom. The van der Waals surface area contributed by atoms with Crippen molar-refractivity contribution in [3.8, 4) is 0 Å². The van der Waals surface area contributed by atoms with Crippen molar-refractivity contribution in [1.82, 2.24) is 14.2 Å². The molecule has 1 saturated heterocycles. The molecule has 3 rings (SSSR count). The number of hydrogen-bond acceptors (Lipinski definition) is 5. The molecule has 1 fully saturated rings. The fourth-order valence-corrected chi connectivity index (χ4v) is 4.93. The van der Waals surface area contributed by atoms with E-state index in [2.05, 4.69) is 4.98 Å². The summed E-state index contributed by atoms with van der Waals surface area (Å²) < 4.78 is 32.6. The number of piperidine rings is 1. The zero-order chi connectivity index (χ0) is 20.7. The minimum absolute atomic E-state index is 0.162. The molecule has 0 aliphatic carbocycles. The number of sulfonamides is 1. The largest absolute Gasteiger partial charge is 0.383 e. The topological polar surface area (TPSA) is 79.8 Å². The van der Waals surface area contributed by atoms with E-state index in [1.54, 1.807) is 36.4 Å². The van der Waals surface area contributed by atoms with Crippen molar-refractivity contribution in [2.24, 2.45) is 0 Å². The van der Waals surface area contributed by atoms with E-state index in [9.17, 15) is 13.2 Å². The quantitative estimate of drug-likeness (QED) is 0.659. The number of hydrogen-bond donors (Lipinski definition) is 0.